The van der Waals surface area contributed by atoms with Crippen molar-refractivity contribution in [3.05, 3.63) is 23.3 Å². The van der Waals surface area contributed by atoms with Gasteiger partial charge in [0.25, 0.3) is 0 Å². The maximum absolute atomic E-state index is 11.1. The number of ketones is 1. The van der Waals surface area contributed by atoms with Crippen molar-refractivity contribution in [2.45, 2.75) is 18.7 Å². The molecule has 2 nitrogen and oxygen atoms in total. The number of rotatable bonds is 2. The third-order valence-corrected chi connectivity index (χ3v) is 2.26. The molecule has 0 fully saturated rings. The molecule has 0 radical (unpaired) electrons. The summed E-state index contributed by atoms with van der Waals surface area (Å²) in [6.07, 6.45) is 0. The zero-order valence-corrected chi connectivity index (χ0v) is 8.81. The van der Waals surface area contributed by atoms with E-state index in [1.807, 2.05) is 13.0 Å². The first-order valence-corrected chi connectivity index (χ1v) is 4.39. The molecule has 1 aromatic rings. The SMILES string of the molecule is COc1cc(C(C)=O)c(S)cc1C. The van der Waals surface area contributed by atoms with Crippen LogP contribution >= 0.6 is 12.6 Å². The summed E-state index contributed by atoms with van der Waals surface area (Å²) < 4.78 is 5.10. The quantitative estimate of drug-likeness (QED) is 0.581. The molecule has 0 saturated carbocycles. The molecule has 0 amide bonds. The van der Waals surface area contributed by atoms with Crippen molar-refractivity contribution in [2.24, 2.45) is 0 Å². The van der Waals surface area contributed by atoms with E-state index in [4.69, 9.17) is 4.74 Å². The lowest BCUT2D eigenvalue weighted by Crippen LogP contribution is -1.97. The first kappa shape index (κ1) is 10.1. The van der Waals surface area contributed by atoms with E-state index in [1.54, 1.807) is 13.2 Å². The highest BCUT2D eigenvalue weighted by molar-refractivity contribution is 7.80. The van der Waals surface area contributed by atoms with Gasteiger partial charge in [0.2, 0.25) is 0 Å². The highest BCUT2D eigenvalue weighted by atomic mass is 32.1. The van der Waals surface area contributed by atoms with Gasteiger partial charge in [-0.1, -0.05) is 0 Å². The summed E-state index contributed by atoms with van der Waals surface area (Å²) in [5.74, 6) is 0.728. The molecular formula is C10H12O2S. The highest BCUT2D eigenvalue weighted by Gasteiger charge is 2.08. The van der Waals surface area contributed by atoms with Crippen molar-refractivity contribution in [3.63, 3.8) is 0 Å². The number of thiol groups is 1. The molecule has 1 aromatic carbocycles. The molecule has 0 heterocycles. The van der Waals surface area contributed by atoms with E-state index in [0.717, 1.165) is 11.3 Å². The highest BCUT2D eigenvalue weighted by Crippen LogP contribution is 2.25. The molecular weight excluding hydrogens is 184 g/mol. The third-order valence-electron chi connectivity index (χ3n) is 1.89. The Labute approximate surface area is 83.3 Å². The first-order chi connectivity index (χ1) is 6.06. The van der Waals surface area contributed by atoms with E-state index < -0.39 is 0 Å². The summed E-state index contributed by atoms with van der Waals surface area (Å²) >= 11 is 4.22. The van der Waals surface area contributed by atoms with Gasteiger partial charge in [-0.05, 0) is 31.5 Å². The molecule has 0 unspecified atom stereocenters. The normalized spacial score (nSPS) is 9.85. The van der Waals surface area contributed by atoms with Crippen LogP contribution in [0.1, 0.15) is 22.8 Å². The van der Waals surface area contributed by atoms with E-state index in [-0.39, 0.29) is 5.78 Å². The van der Waals surface area contributed by atoms with Gasteiger partial charge < -0.3 is 4.74 Å². The second kappa shape index (κ2) is 3.83. The number of ether oxygens (including phenoxy) is 1. The largest absolute Gasteiger partial charge is 0.496 e. The first-order valence-electron chi connectivity index (χ1n) is 3.94. The van der Waals surface area contributed by atoms with E-state index >= 15 is 0 Å². The summed E-state index contributed by atoms with van der Waals surface area (Å²) in [6.45, 7) is 3.44. The Hall–Kier alpha value is -0.960. The minimum Gasteiger partial charge on any atom is -0.496 e. The van der Waals surface area contributed by atoms with Crippen LogP contribution in [0.3, 0.4) is 0 Å². The molecule has 70 valence electrons. The van der Waals surface area contributed by atoms with Gasteiger partial charge in [0.1, 0.15) is 5.75 Å². The zero-order chi connectivity index (χ0) is 10.0. The number of carbonyl (C=O) groups excluding carboxylic acids is 1. The van der Waals surface area contributed by atoms with E-state index in [9.17, 15) is 4.79 Å². The van der Waals surface area contributed by atoms with Crippen LogP contribution in [0, 0.1) is 6.92 Å². The lowest BCUT2D eigenvalue weighted by molar-refractivity contribution is 0.101. The maximum atomic E-state index is 11.1. The van der Waals surface area contributed by atoms with Crippen molar-refractivity contribution in [1.29, 1.82) is 0 Å². The van der Waals surface area contributed by atoms with Gasteiger partial charge in [0.05, 0.1) is 7.11 Å². The summed E-state index contributed by atoms with van der Waals surface area (Å²) in [5, 5.41) is 0. The van der Waals surface area contributed by atoms with Crippen LogP contribution in [0.4, 0.5) is 0 Å². The summed E-state index contributed by atoms with van der Waals surface area (Å²) in [4.78, 5) is 11.8. The van der Waals surface area contributed by atoms with Gasteiger partial charge in [0, 0.05) is 10.5 Å². The van der Waals surface area contributed by atoms with Crippen LogP contribution < -0.4 is 4.74 Å². The van der Waals surface area contributed by atoms with Crippen LogP contribution in [0.2, 0.25) is 0 Å². The van der Waals surface area contributed by atoms with E-state index in [1.165, 1.54) is 6.92 Å². The number of hydrogen-bond acceptors (Lipinski definition) is 3. The Kier molecular flexibility index (Phi) is 2.98. The molecule has 0 aliphatic carbocycles. The minimum absolute atomic E-state index is 0.00306. The molecule has 0 bridgehead atoms. The monoisotopic (exact) mass is 196 g/mol. The van der Waals surface area contributed by atoms with Crippen LogP contribution in [0.25, 0.3) is 0 Å². The Balaban J connectivity index is 3.30. The van der Waals surface area contributed by atoms with Crippen molar-refractivity contribution >= 4 is 18.4 Å². The van der Waals surface area contributed by atoms with Gasteiger partial charge in [-0.3, -0.25) is 4.79 Å². The summed E-state index contributed by atoms with van der Waals surface area (Å²) in [6, 6.07) is 3.55. The zero-order valence-electron chi connectivity index (χ0n) is 7.92. The molecule has 1 rings (SSSR count). The molecule has 0 saturated heterocycles. The standard InChI is InChI=1S/C10H12O2S/c1-6-4-10(13)8(7(2)11)5-9(6)12-3/h4-5,13H,1-3H3. The summed E-state index contributed by atoms with van der Waals surface area (Å²) in [5.41, 5.74) is 1.59. The lowest BCUT2D eigenvalue weighted by Gasteiger charge is -2.08. The van der Waals surface area contributed by atoms with Crippen molar-refractivity contribution in [3.8, 4) is 5.75 Å². The average Bonchev–Trinajstić information content (AvgIpc) is 2.03. The molecule has 13 heavy (non-hydrogen) atoms. The van der Waals surface area contributed by atoms with Crippen LogP contribution in [0.15, 0.2) is 17.0 Å². The number of hydrogen-bond donors (Lipinski definition) is 1. The predicted molar refractivity (Wildman–Crippen MR) is 55.0 cm³/mol. The molecule has 0 spiro atoms. The van der Waals surface area contributed by atoms with E-state index in [2.05, 4.69) is 12.6 Å². The number of aryl methyl sites for hydroxylation is 1. The molecule has 0 aliphatic heterocycles. The van der Waals surface area contributed by atoms with Crippen LogP contribution in [-0.2, 0) is 0 Å². The molecule has 0 aromatic heterocycles. The second-order valence-electron chi connectivity index (χ2n) is 2.90. The van der Waals surface area contributed by atoms with Gasteiger partial charge in [-0.2, -0.15) is 0 Å². The lowest BCUT2D eigenvalue weighted by atomic mass is 10.1. The van der Waals surface area contributed by atoms with Crippen LogP contribution in [0.5, 0.6) is 5.75 Å². The summed E-state index contributed by atoms with van der Waals surface area (Å²) in [7, 11) is 1.59. The Morgan fingerprint density at radius 2 is 2.08 bits per heavy atom. The Bertz CT molecular complexity index is 345. The Morgan fingerprint density at radius 3 is 2.54 bits per heavy atom. The predicted octanol–water partition coefficient (Wildman–Crippen LogP) is 2.49. The van der Waals surface area contributed by atoms with E-state index in [0.29, 0.717) is 10.5 Å². The van der Waals surface area contributed by atoms with Gasteiger partial charge in [-0.15, -0.1) is 12.6 Å². The topological polar surface area (TPSA) is 26.3 Å². The smallest absolute Gasteiger partial charge is 0.161 e. The number of benzene rings is 1. The maximum Gasteiger partial charge on any atom is 0.161 e. The number of carbonyl (C=O) groups is 1. The molecule has 3 heteroatoms. The molecule has 0 N–H and O–H groups in total. The molecule has 0 atom stereocenters. The average molecular weight is 196 g/mol. The van der Waals surface area contributed by atoms with Crippen molar-refractivity contribution < 1.29 is 9.53 Å². The fourth-order valence-electron chi connectivity index (χ4n) is 1.17. The fraction of sp³-hybridized carbons (Fsp3) is 0.300. The minimum atomic E-state index is 0.00306. The molecule has 0 aliphatic rings. The fourth-order valence-corrected chi connectivity index (χ4v) is 1.59. The van der Waals surface area contributed by atoms with Gasteiger partial charge >= 0.3 is 0 Å². The van der Waals surface area contributed by atoms with Crippen molar-refractivity contribution in [1.82, 2.24) is 0 Å². The van der Waals surface area contributed by atoms with Gasteiger partial charge in [0.15, 0.2) is 5.78 Å². The Morgan fingerprint density at radius 1 is 1.46 bits per heavy atom. The number of Topliss-reactive ketones (excluding diaryl/α,β-unsaturated/α-hetero) is 1. The van der Waals surface area contributed by atoms with Crippen LogP contribution in [-0.4, -0.2) is 12.9 Å². The van der Waals surface area contributed by atoms with Gasteiger partial charge in [-0.25, -0.2) is 0 Å². The van der Waals surface area contributed by atoms with Crippen molar-refractivity contribution in [2.75, 3.05) is 7.11 Å². The third kappa shape index (κ3) is 2.04. The second-order valence-corrected chi connectivity index (χ2v) is 3.38. The number of methoxy groups -OCH3 is 1.